The van der Waals surface area contributed by atoms with Crippen molar-refractivity contribution in [3.8, 4) is 11.5 Å². The van der Waals surface area contributed by atoms with Gasteiger partial charge in [0.2, 0.25) is 10.0 Å². The Bertz CT molecular complexity index is 1050. The maximum atomic E-state index is 13.2. The van der Waals surface area contributed by atoms with Crippen LogP contribution in [0.3, 0.4) is 0 Å². The number of carbonyl (C=O) groups excluding carboxylic acids is 1. The molecule has 1 N–H and O–H groups in total. The zero-order valence-corrected chi connectivity index (χ0v) is 19.2. The van der Waals surface area contributed by atoms with E-state index >= 15 is 0 Å². The molecule has 0 aromatic heterocycles. The van der Waals surface area contributed by atoms with E-state index in [0.717, 1.165) is 18.4 Å². The molecule has 9 heteroatoms. The van der Waals surface area contributed by atoms with Crippen molar-refractivity contribution in [2.24, 2.45) is 5.92 Å². The van der Waals surface area contributed by atoms with Crippen LogP contribution in [0.15, 0.2) is 53.4 Å². The predicted molar refractivity (Wildman–Crippen MR) is 120 cm³/mol. The summed E-state index contributed by atoms with van der Waals surface area (Å²) in [6.07, 6.45) is 2.21. The lowest BCUT2D eigenvalue weighted by molar-refractivity contribution is 0.167. The topological polar surface area (TPSA) is 88.2 Å². The van der Waals surface area contributed by atoms with Gasteiger partial charge in [0.1, 0.15) is 16.4 Å². The number of urea groups is 1. The number of hydrogen-bond acceptors (Lipinski definition) is 5. The second-order valence-electron chi connectivity index (χ2n) is 8.08. The molecule has 1 aliphatic carbocycles. The average Bonchev–Trinajstić information content (AvgIpc) is 3.68. The van der Waals surface area contributed by atoms with Gasteiger partial charge in [0.15, 0.2) is 0 Å². The van der Waals surface area contributed by atoms with Gasteiger partial charge in [0, 0.05) is 32.2 Å². The van der Waals surface area contributed by atoms with Gasteiger partial charge in [-0.15, -0.1) is 0 Å². The lowest BCUT2D eigenvalue weighted by atomic mass is 10.0. The van der Waals surface area contributed by atoms with Crippen LogP contribution in [-0.4, -0.2) is 64.1 Å². The van der Waals surface area contributed by atoms with Crippen molar-refractivity contribution in [2.45, 2.75) is 23.8 Å². The average molecular weight is 460 g/mol. The van der Waals surface area contributed by atoms with Gasteiger partial charge < -0.3 is 19.7 Å². The number of rotatable bonds is 7. The molecule has 1 saturated heterocycles. The molecule has 1 aliphatic heterocycles. The summed E-state index contributed by atoms with van der Waals surface area (Å²) < 4.78 is 38.3. The molecule has 32 heavy (non-hydrogen) atoms. The zero-order chi connectivity index (χ0) is 22.7. The van der Waals surface area contributed by atoms with Gasteiger partial charge in [-0.2, -0.15) is 4.31 Å². The summed E-state index contributed by atoms with van der Waals surface area (Å²) in [5, 5.41) is 3.17. The molecule has 4 rings (SSSR count). The SMILES string of the molecule is COc1ccc(OC)c(S(=O)(=O)N2CCN(C(=O)NC(c3ccccc3)C3CC3)CC2)c1. The van der Waals surface area contributed by atoms with Crippen LogP contribution in [0.4, 0.5) is 4.79 Å². The highest BCUT2D eigenvalue weighted by Crippen LogP contribution is 2.41. The molecule has 2 aromatic rings. The molecule has 0 radical (unpaired) electrons. The Hall–Kier alpha value is -2.78. The van der Waals surface area contributed by atoms with Gasteiger partial charge in [-0.1, -0.05) is 30.3 Å². The summed E-state index contributed by atoms with van der Waals surface area (Å²) in [6, 6.07) is 14.5. The molecule has 1 atom stereocenters. The molecule has 1 heterocycles. The highest BCUT2D eigenvalue weighted by Gasteiger charge is 2.36. The third-order valence-corrected chi connectivity index (χ3v) is 7.97. The van der Waals surface area contributed by atoms with E-state index in [1.807, 2.05) is 30.3 Å². The number of sulfonamides is 1. The number of hydrogen-bond donors (Lipinski definition) is 1. The van der Waals surface area contributed by atoms with E-state index in [-0.39, 0.29) is 35.8 Å². The molecule has 0 bridgehead atoms. The highest BCUT2D eigenvalue weighted by molar-refractivity contribution is 7.89. The summed E-state index contributed by atoms with van der Waals surface area (Å²) in [7, 11) is -0.863. The van der Waals surface area contributed by atoms with Gasteiger partial charge in [-0.05, 0) is 36.5 Å². The smallest absolute Gasteiger partial charge is 0.317 e. The van der Waals surface area contributed by atoms with Crippen molar-refractivity contribution in [3.63, 3.8) is 0 Å². The highest BCUT2D eigenvalue weighted by atomic mass is 32.2. The van der Waals surface area contributed by atoms with Crippen molar-refractivity contribution in [1.82, 2.24) is 14.5 Å². The van der Waals surface area contributed by atoms with Crippen LogP contribution in [0.2, 0.25) is 0 Å². The molecule has 8 nitrogen and oxygen atoms in total. The van der Waals surface area contributed by atoms with Crippen LogP contribution in [0.25, 0.3) is 0 Å². The van der Waals surface area contributed by atoms with Crippen molar-refractivity contribution >= 4 is 16.1 Å². The Morgan fingerprint density at radius 2 is 1.69 bits per heavy atom. The van der Waals surface area contributed by atoms with Crippen molar-refractivity contribution in [2.75, 3.05) is 40.4 Å². The summed E-state index contributed by atoms with van der Waals surface area (Å²) in [5.41, 5.74) is 1.11. The molecule has 2 aliphatic rings. The molecule has 2 aromatic carbocycles. The molecule has 1 unspecified atom stereocenters. The number of nitrogens with one attached hydrogen (secondary N) is 1. The van der Waals surface area contributed by atoms with Crippen molar-refractivity contribution in [3.05, 3.63) is 54.1 Å². The minimum absolute atomic E-state index is 0.00786. The van der Waals surface area contributed by atoms with E-state index < -0.39 is 10.0 Å². The van der Waals surface area contributed by atoms with Crippen LogP contribution in [0.1, 0.15) is 24.4 Å². The summed E-state index contributed by atoms with van der Waals surface area (Å²) >= 11 is 0. The lowest BCUT2D eigenvalue weighted by Gasteiger charge is -2.35. The molecule has 0 spiro atoms. The molecular formula is C23H29N3O5S. The monoisotopic (exact) mass is 459 g/mol. The van der Waals surface area contributed by atoms with E-state index in [1.54, 1.807) is 17.0 Å². The zero-order valence-electron chi connectivity index (χ0n) is 18.4. The Balaban J connectivity index is 1.42. The fourth-order valence-electron chi connectivity index (χ4n) is 4.04. The van der Waals surface area contributed by atoms with Crippen LogP contribution >= 0.6 is 0 Å². The minimum Gasteiger partial charge on any atom is -0.497 e. The van der Waals surface area contributed by atoms with E-state index in [2.05, 4.69) is 5.32 Å². The normalized spacial score (nSPS) is 18.1. The number of carbonyl (C=O) groups is 1. The van der Waals surface area contributed by atoms with Crippen LogP contribution in [0, 0.1) is 5.92 Å². The van der Waals surface area contributed by atoms with Gasteiger partial charge in [0.25, 0.3) is 0 Å². The lowest BCUT2D eigenvalue weighted by Crippen LogP contribution is -2.53. The summed E-state index contributed by atoms with van der Waals surface area (Å²) in [5.74, 6) is 1.17. The van der Waals surface area contributed by atoms with Crippen LogP contribution < -0.4 is 14.8 Å². The Kier molecular flexibility index (Phi) is 6.57. The molecule has 2 amide bonds. The van der Waals surface area contributed by atoms with Gasteiger partial charge in [0.05, 0.1) is 20.3 Å². The maximum absolute atomic E-state index is 13.2. The van der Waals surface area contributed by atoms with E-state index in [4.69, 9.17) is 9.47 Å². The minimum atomic E-state index is -3.79. The Morgan fingerprint density at radius 1 is 1.00 bits per heavy atom. The van der Waals surface area contributed by atoms with Gasteiger partial charge >= 0.3 is 6.03 Å². The number of nitrogens with zero attached hydrogens (tertiary/aromatic N) is 2. The van der Waals surface area contributed by atoms with E-state index in [1.165, 1.54) is 24.6 Å². The predicted octanol–water partition coefficient (Wildman–Crippen LogP) is 2.87. The number of benzene rings is 2. The number of piperazine rings is 1. The first-order chi connectivity index (χ1) is 15.4. The first kappa shape index (κ1) is 22.4. The third-order valence-electron chi connectivity index (χ3n) is 6.05. The number of methoxy groups -OCH3 is 2. The summed E-state index contributed by atoms with van der Waals surface area (Å²) in [4.78, 5) is 14.7. The van der Waals surface area contributed by atoms with Crippen LogP contribution in [-0.2, 0) is 10.0 Å². The quantitative estimate of drug-likeness (QED) is 0.688. The molecule has 172 valence electrons. The second kappa shape index (κ2) is 9.38. The van der Waals surface area contributed by atoms with Crippen molar-refractivity contribution < 1.29 is 22.7 Å². The molecular weight excluding hydrogens is 430 g/mol. The Labute approximate surface area is 189 Å². The largest absolute Gasteiger partial charge is 0.497 e. The van der Waals surface area contributed by atoms with E-state index in [0.29, 0.717) is 24.8 Å². The first-order valence-electron chi connectivity index (χ1n) is 10.8. The van der Waals surface area contributed by atoms with Gasteiger partial charge in [-0.25, -0.2) is 13.2 Å². The number of amides is 2. The van der Waals surface area contributed by atoms with Crippen molar-refractivity contribution in [1.29, 1.82) is 0 Å². The van der Waals surface area contributed by atoms with Crippen LogP contribution in [0.5, 0.6) is 11.5 Å². The second-order valence-corrected chi connectivity index (χ2v) is 9.99. The number of ether oxygens (including phenoxy) is 2. The Morgan fingerprint density at radius 3 is 2.28 bits per heavy atom. The summed E-state index contributed by atoms with van der Waals surface area (Å²) in [6.45, 7) is 1.08. The molecule has 2 fully saturated rings. The first-order valence-corrected chi connectivity index (χ1v) is 12.2. The maximum Gasteiger partial charge on any atom is 0.317 e. The molecule has 1 saturated carbocycles. The van der Waals surface area contributed by atoms with E-state index in [9.17, 15) is 13.2 Å². The fraction of sp³-hybridized carbons (Fsp3) is 0.435. The fourth-order valence-corrected chi connectivity index (χ4v) is 5.64. The van der Waals surface area contributed by atoms with Gasteiger partial charge in [-0.3, -0.25) is 0 Å². The standard InChI is InChI=1S/C23H29N3O5S/c1-30-19-10-11-20(31-2)21(16-19)32(28,29)26-14-12-25(13-15-26)23(27)24-22(18-8-9-18)17-6-4-3-5-7-17/h3-7,10-11,16,18,22H,8-9,12-15H2,1-2H3,(H,24,27). The third kappa shape index (κ3) is 4.68.